The highest BCUT2D eigenvalue weighted by atomic mass is 16.5. The number of hydrogen-bond donors (Lipinski definition) is 0. The highest BCUT2D eigenvalue weighted by molar-refractivity contribution is 5.90. The van der Waals surface area contributed by atoms with E-state index in [0.29, 0.717) is 30.9 Å². The van der Waals surface area contributed by atoms with Crippen molar-refractivity contribution in [3.8, 4) is 5.75 Å². The lowest BCUT2D eigenvalue weighted by Crippen LogP contribution is -2.16. The first-order chi connectivity index (χ1) is 13.4. The lowest BCUT2D eigenvalue weighted by molar-refractivity contribution is -0.139. The molecular weight excluding hydrogens is 360 g/mol. The first-order valence-electron chi connectivity index (χ1n) is 9.08. The van der Waals surface area contributed by atoms with E-state index in [9.17, 15) is 9.59 Å². The van der Waals surface area contributed by atoms with Crippen molar-refractivity contribution in [2.75, 3.05) is 13.7 Å². The van der Waals surface area contributed by atoms with Gasteiger partial charge >= 0.3 is 11.9 Å². The second kappa shape index (κ2) is 10.3. The van der Waals surface area contributed by atoms with Gasteiger partial charge in [0.25, 0.3) is 0 Å². The number of hydrogen-bond acceptors (Lipinski definition) is 6. The highest BCUT2D eigenvalue weighted by Crippen LogP contribution is 2.23. The molecule has 0 spiro atoms. The van der Waals surface area contributed by atoms with Crippen LogP contribution in [0.2, 0.25) is 0 Å². The Hall–Kier alpha value is -3.09. The lowest BCUT2D eigenvalue weighted by Gasteiger charge is -2.16. The fraction of sp³-hybridized carbons (Fsp3) is 0.381. The Bertz CT molecular complexity index is 808. The number of aromatic nitrogens is 2. The standard InChI is InChI=1S/C21H26N2O5/c1-15(2)20(28-16(3)24)19(21(25)26-4)13-17-5-7-18(8-6-17)27-12-11-23-10-9-22-14-23/h5-10,14-15H,11-13H2,1-4H3. The minimum atomic E-state index is -0.509. The Morgan fingerprint density at radius 1 is 1.18 bits per heavy atom. The molecular formula is C21H26N2O5. The van der Waals surface area contributed by atoms with Crippen molar-refractivity contribution in [3.63, 3.8) is 0 Å². The van der Waals surface area contributed by atoms with Crippen LogP contribution < -0.4 is 4.74 Å². The van der Waals surface area contributed by atoms with Crippen molar-refractivity contribution in [1.82, 2.24) is 9.55 Å². The van der Waals surface area contributed by atoms with Crippen LogP contribution in [0.25, 0.3) is 0 Å². The van der Waals surface area contributed by atoms with Crippen molar-refractivity contribution in [1.29, 1.82) is 0 Å². The second-order valence-electron chi connectivity index (χ2n) is 6.55. The number of ether oxygens (including phenoxy) is 3. The highest BCUT2D eigenvalue weighted by Gasteiger charge is 2.22. The summed E-state index contributed by atoms with van der Waals surface area (Å²) >= 11 is 0. The first-order valence-corrected chi connectivity index (χ1v) is 9.08. The molecule has 1 aromatic carbocycles. The summed E-state index contributed by atoms with van der Waals surface area (Å²) in [7, 11) is 1.31. The summed E-state index contributed by atoms with van der Waals surface area (Å²) in [6, 6.07) is 7.44. The second-order valence-corrected chi connectivity index (χ2v) is 6.55. The van der Waals surface area contributed by atoms with Gasteiger partial charge < -0.3 is 18.8 Å². The van der Waals surface area contributed by atoms with Crippen molar-refractivity contribution in [2.24, 2.45) is 5.92 Å². The maximum Gasteiger partial charge on any atom is 0.337 e. The molecule has 28 heavy (non-hydrogen) atoms. The maximum atomic E-state index is 12.3. The van der Waals surface area contributed by atoms with E-state index in [1.807, 2.05) is 48.9 Å². The number of carbonyl (C=O) groups is 2. The van der Waals surface area contributed by atoms with E-state index >= 15 is 0 Å². The lowest BCUT2D eigenvalue weighted by atomic mass is 9.99. The van der Waals surface area contributed by atoms with Gasteiger partial charge in [0.2, 0.25) is 0 Å². The third-order valence-corrected chi connectivity index (χ3v) is 3.99. The van der Waals surface area contributed by atoms with E-state index in [4.69, 9.17) is 14.2 Å². The normalized spacial score (nSPS) is 11.8. The predicted molar refractivity (Wildman–Crippen MR) is 104 cm³/mol. The Morgan fingerprint density at radius 2 is 1.89 bits per heavy atom. The molecule has 7 nitrogen and oxygen atoms in total. The summed E-state index contributed by atoms with van der Waals surface area (Å²) in [4.78, 5) is 27.7. The third-order valence-electron chi connectivity index (χ3n) is 3.99. The number of imidazole rings is 1. The third kappa shape index (κ3) is 6.26. The molecule has 0 aliphatic heterocycles. The van der Waals surface area contributed by atoms with Crippen molar-refractivity contribution in [3.05, 3.63) is 59.9 Å². The van der Waals surface area contributed by atoms with Gasteiger partial charge in [-0.1, -0.05) is 26.0 Å². The fourth-order valence-electron chi connectivity index (χ4n) is 2.66. The quantitative estimate of drug-likeness (QED) is 0.374. The maximum absolute atomic E-state index is 12.3. The zero-order chi connectivity index (χ0) is 20.5. The van der Waals surface area contributed by atoms with Crippen LogP contribution in [-0.2, 0) is 32.0 Å². The van der Waals surface area contributed by atoms with Crippen LogP contribution in [0.1, 0.15) is 26.3 Å². The average molecular weight is 386 g/mol. The molecule has 0 saturated heterocycles. The smallest absolute Gasteiger partial charge is 0.337 e. The minimum Gasteiger partial charge on any atom is -0.492 e. The van der Waals surface area contributed by atoms with Gasteiger partial charge in [0, 0.05) is 31.7 Å². The van der Waals surface area contributed by atoms with E-state index in [-0.39, 0.29) is 5.92 Å². The van der Waals surface area contributed by atoms with E-state index in [1.54, 1.807) is 12.5 Å². The van der Waals surface area contributed by atoms with E-state index in [2.05, 4.69) is 4.98 Å². The van der Waals surface area contributed by atoms with Gasteiger partial charge in [-0.2, -0.15) is 0 Å². The topological polar surface area (TPSA) is 79.7 Å². The average Bonchev–Trinajstić information content (AvgIpc) is 3.18. The molecule has 0 bridgehead atoms. The van der Waals surface area contributed by atoms with Crippen LogP contribution in [-0.4, -0.2) is 35.2 Å². The molecule has 0 unspecified atom stereocenters. The molecule has 0 aliphatic carbocycles. The zero-order valence-electron chi connectivity index (χ0n) is 16.7. The Balaban J connectivity index is 2.09. The van der Waals surface area contributed by atoms with Crippen molar-refractivity contribution in [2.45, 2.75) is 33.7 Å². The molecule has 0 amide bonds. The molecule has 7 heteroatoms. The largest absolute Gasteiger partial charge is 0.492 e. The first kappa shape index (κ1) is 21.2. The SMILES string of the molecule is COC(=O)C(Cc1ccc(OCCn2ccnc2)cc1)=C(OC(C)=O)C(C)C. The fourth-order valence-corrected chi connectivity index (χ4v) is 2.66. The van der Waals surface area contributed by atoms with Gasteiger partial charge in [0.05, 0.1) is 25.6 Å². The van der Waals surface area contributed by atoms with Gasteiger partial charge in [-0.15, -0.1) is 0 Å². The molecule has 0 fully saturated rings. The summed E-state index contributed by atoms with van der Waals surface area (Å²) in [5.74, 6) is -0.0438. The molecule has 0 atom stereocenters. The minimum absolute atomic E-state index is 0.135. The molecule has 150 valence electrons. The number of carbonyl (C=O) groups excluding carboxylic acids is 2. The van der Waals surface area contributed by atoms with Crippen LogP contribution >= 0.6 is 0 Å². The molecule has 2 aromatic rings. The molecule has 1 aromatic heterocycles. The Morgan fingerprint density at radius 3 is 2.43 bits per heavy atom. The number of nitrogens with zero attached hydrogens (tertiary/aromatic N) is 2. The molecule has 0 radical (unpaired) electrons. The molecule has 0 saturated carbocycles. The van der Waals surface area contributed by atoms with Crippen LogP contribution in [0.4, 0.5) is 0 Å². The van der Waals surface area contributed by atoms with E-state index < -0.39 is 11.9 Å². The summed E-state index contributed by atoms with van der Waals surface area (Å²) in [5.41, 5.74) is 1.22. The van der Waals surface area contributed by atoms with Crippen molar-refractivity contribution >= 4 is 11.9 Å². The van der Waals surface area contributed by atoms with Crippen molar-refractivity contribution < 1.29 is 23.8 Å². The van der Waals surface area contributed by atoms with Crippen LogP contribution in [0, 0.1) is 5.92 Å². The number of methoxy groups -OCH3 is 1. The van der Waals surface area contributed by atoms with Gasteiger partial charge in [0.15, 0.2) is 0 Å². The van der Waals surface area contributed by atoms with Gasteiger partial charge in [0.1, 0.15) is 18.1 Å². The summed E-state index contributed by atoms with van der Waals surface area (Å²) < 4.78 is 17.8. The van der Waals surface area contributed by atoms with Gasteiger partial charge in [-0.05, 0) is 17.7 Å². The van der Waals surface area contributed by atoms with E-state index in [1.165, 1.54) is 14.0 Å². The summed E-state index contributed by atoms with van der Waals surface area (Å²) in [5, 5.41) is 0. The summed E-state index contributed by atoms with van der Waals surface area (Å²) in [6.45, 7) is 6.26. The number of benzene rings is 1. The summed E-state index contributed by atoms with van der Waals surface area (Å²) in [6.07, 6.45) is 5.64. The van der Waals surface area contributed by atoms with Gasteiger partial charge in [-0.3, -0.25) is 4.79 Å². The van der Waals surface area contributed by atoms with Crippen LogP contribution in [0.5, 0.6) is 5.75 Å². The number of esters is 2. The van der Waals surface area contributed by atoms with Crippen LogP contribution in [0.15, 0.2) is 54.3 Å². The van der Waals surface area contributed by atoms with E-state index in [0.717, 1.165) is 11.3 Å². The van der Waals surface area contributed by atoms with Crippen LogP contribution in [0.3, 0.4) is 0 Å². The predicted octanol–water partition coefficient (Wildman–Crippen LogP) is 3.15. The molecule has 0 aliphatic rings. The Kier molecular flexibility index (Phi) is 7.80. The zero-order valence-corrected chi connectivity index (χ0v) is 16.7. The monoisotopic (exact) mass is 386 g/mol. The number of rotatable bonds is 9. The Labute approximate surface area is 164 Å². The molecule has 1 heterocycles. The molecule has 0 N–H and O–H groups in total. The van der Waals surface area contributed by atoms with Gasteiger partial charge in [-0.25, -0.2) is 9.78 Å². The number of allylic oxidation sites excluding steroid dienone is 1. The molecule has 2 rings (SSSR count).